The molecule has 5 nitrogen and oxygen atoms in total. The average molecular weight is 339 g/mol. The number of benzene rings is 2. The van der Waals surface area contributed by atoms with E-state index in [2.05, 4.69) is 10.6 Å². The van der Waals surface area contributed by atoms with Gasteiger partial charge in [-0.15, -0.1) is 0 Å². The van der Waals surface area contributed by atoms with Gasteiger partial charge in [0.25, 0.3) is 5.91 Å². The van der Waals surface area contributed by atoms with Gasteiger partial charge in [-0.25, -0.2) is 0 Å². The number of amides is 2. The van der Waals surface area contributed by atoms with Crippen molar-refractivity contribution in [2.45, 2.75) is 20.8 Å². The van der Waals surface area contributed by atoms with Crippen LogP contribution in [0.3, 0.4) is 0 Å². The van der Waals surface area contributed by atoms with Crippen LogP contribution in [-0.4, -0.2) is 37.4 Å². The standard InChI is InChI=1S/C20H25N3O2/c1-13-9-14(2)19(15(3)10-13)22-18(24)12-21-17-8-6-7-16(11-17)20(25)23(4)5/h6-11,21H,12H2,1-5H3,(H,22,24). The van der Waals surface area contributed by atoms with Crippen LogP contribution in [0, 0.1) is 20.8 Å². The minimum Gasteiger partial charge on any atom is -0.376 e. The molecule has 25 heavy (non-hydrogen) atoms. The number of carbonyl (C=O) groups is 2. The molecule has 132 valence electrons. The molecule has 5 heteroatoms. The van der Waals surface area contributed by atoms with E-state index in [4.69, 9.17) is 0 Å². The van der Waals surface area contributed by atoms with Gasteiger partial charge in [-0.05, 0) is 50.1 Å². The smallest absolute Gasteiger partial charge is 0.253 e. The summed E-state index contributed by atoms with van der Waals surface area (Å²) >= 11 is 0. The summed E-state index contributed by atoms with van der Waals surface area (Å²) in [6, 6.07) is 11.2. The molecule has 2 N–H and O–H groups in total. The molecule has 0 aliphatic carbocycles. The molecular weight excluding hydrogens is 314 g/mol. The third kappa shape index (κ3) is 4.83. The third-order valence-electron chi connectivity index (χ3n) is 3.91. The third-order valence-corrected chi connectivity index (χ3v) is 3.91. The van der Waals surface area contributed by atoms with E-state index in [1.807, 2.05) is 39.0 Å². The number of carbonyl (C=O) groups excluding carboxylic acids is 2. The maximum absolute atomic E-state index is 12.3. The molecule has 0 aliphatic rings. The van der Waals surface area contributed by atoms with Gasteiger partial charge in [0.05, 0.1) is 6.54 Å². The molecule has 2 aromatic rings. The lowest BCUT2D eigenvalue weighted by Gasteiger charge is -2.14. The van der Waals surface area contributed by atoms with Crippen LogP contribution in [0.25, 0.3) is 0 Å². The Labute approximate surface area is 149 Å². The number of aryl methyl sites for hydroxylation is 3. The molecule has 0 spiro atoms. The zero-order valence-electron chi connectivity index (χ0n) is 15.4. The lowest BCUT2D eigenvalue weighted by Crippen LogP contribution is -2.23. The number of nitrogens with zero attached hydrogens (tertiary/aromatic N) is 1. The van der Waals surface area contributed by atoms with Crippen molar-refractivity contribution in [3.63, 3.8) is 0 Å². The zero-order valence-corrected chi connectivity index (χ0v) is 15.4. The molecule has 0 aromatic heterocycles. The molecule has 0 saturated heterocycles. The first-order chi connectivity index (χ1) is 11.8. The predicted molar refractivity (Wildman–Crippen MR) is 102 cm³/mol. The first-order valence-electron chi connectivity index (χ1n) is 8.21. The Morgan fingerprint density at radius 3 is 2.24 bits per heavy atom. The lowest BCUT2D eigenvalue weighted by molar-refractivity contribution is -0.114. The summed E-state index contributed by atoms with van der Waals surface area (Å²) in [6.45, 7) is 6.14. The Morgan fingerprint density at radius 2 is 1.64 bits per heavy atom. The summed E-state index contributed by atoms with van der Waals surface area (Å²) in [7, 11) is 3.42. The predicted octanol–water partition coefficient (Wildman–Crippen LogP) is 3.36. The summed E-state index contributed by atoms with van der Waals surface area (Å²) in [4.78, 5) is 25.8. The van der Waals surface area contributed by atoms with Crippen LogP contribution < -0.4 is 10.6 Å². The summed E-state index contributed by atoms with van der Waals surface area (Å²) in [6.07, 6.45) is 0. The Kier molecular flexibility index (Phi) is 5.80. The van der Waals surface area contributed by atoms with Crippen LogP contribution in [0.2, 0.25) is 0 Å². The second-order valence-corrected chi connectivity index (χ2v) is 6.46. The van der Waals surface area contributed by atoms with Gasteiger partial charge in [-0.3, -0.25) is 9.59 Å². The molecule has 0 bridgehead atoms. The van der Waals surface area contributed by atoms with E-state index in [1.54, 1.807) is 32.3 Å². The number of nitrogens with one attached hydrogen (secondary N) is 2. The number of hydrogen-bond donors (Lipinski definition) is 2. The fourth-order valence-corrected chi connectivity index (χ4v) is 2.76. The van der Waals surface area contributed by atoms with Gasteiger partial charge in [-0.1, -0.05) is 23.8 Å². The quantitative estimate of drug-likeness (QED) is 0.878. The molecule has 0 atom stereocenters. The van der Waals surface area contributed by atoms with Gasteiger partial charge in [0, 0.05) is 31.0 Å². The first-order valence-corrected chi connectivity index (χ1v) is 8.21. The van der Waals surface area contributed by atoms with Crippen LogP contribution in [0.5, 0.6) is 0 Å². The van der Waals surface area contributed by atoms with Gasteiger partial charge >= 0.3 is 0 Å². The van der Waals surface area contributed by atoms with E-state index in [0.29, 0.717) is 5.56 Å². The average Bonchev–Trinajstić information content (AvgIpc) is 2.55. The number of anilines is 2. The molecule has 0 radical (unpaired) electrons. The largest absolute Gasteiger partial charge is 0.376 e. The molecule has 2 amide bonds. The molecular formula is C20H25N3O2. The van der Waals surface area contributed by atoms with Gasteiger partial charge in [0.15, 0.2) is 0 Å². The molecule has 0 aliphatic heterocycles. The topological polar surface area (TPSA) is 61.4 Å². The SMILES string of the molecule is Cc1cc(C)c(NC(=O)CNc2cccc(C(=O)N(C)C)c2)c(C)c1. The summed E-state index contributed by atoms with van der Waals surface area (Å²) in [5.74, 6) is -0.196. The van der Waals surface area contributed by atoms with Gasteiger partial charge in [0.2, 0.25) is 5.91 Å². The Hall–Kier alpha value is -2.82. The highest BCUT2D eigenvalue weighted by Gasteiger charge is 2.10. The van der Waals surface area contributed by atoms with Crippen molar-refractivity contribution < 1.29 is 9.59 Å². The molecule has 2 aromatic carbocycles. The van der Waals surface area contributed by atoms with E-state index < -0.39 is 0 Å². The summed E-state index contributed by atoms with van der Waals surface area (Å²) in [5, 5.41) is 6.02. The van der Waals surface area contributed by atoms with E-state index in [1.165, 1.54) is 10.5 Å². The minimum absolute atomic E-state index is 0.0704. The monoisotopic (exact) mass is 339 g/mol. The normalized spacial score (nSPS) is 10.3. The maximum atomic E-state index is 12.3. The van der Waals surface area contributed by atoms with E-state index in [-0.39, 0.29) is 18.4 Å². The van der Waals surface area contributed by atoms with E-state index in [9.17, 15) is 9.59 Å². The summed E-state index contributed by atoms with van der Waals surface area (Å²) < 4.78 is 0. The highest BCUT2D eigenvalue weighted by molar-refractivity contribution is 5.96. The van der Waals surface area contributed by atoms with Gasteiger partial charge < -0.3 is 15.5 Å². The van der Waals surface area contributed by atoms with Crippen LogP contribution in [0.1, 0.15) is 27.0 Å². The van der Waals surface area contributed by atoms with Crippen molar-refractivity contribution in [2.75, 3.05) is 31.3 Å². The number of hydrogen-bond acceptors (Lipinski definition) is 3. The molecule has 0 fully saturated rings. The van der Waals surface area contributed by atoms with E-state index >= 15 is 0 Å². The van der Waals surface area contributed by atoms with Crippen LogP contribution >= 0.6 is 0 Å². The second-order valence-electron chi connectivity index (χ2n) is 6.46. The van der Waals surface area contributed by atoms with Gasteiger partial charge in [-0.2, -0.15) is 0 Å². The molecule has 2 rings (SSSR count). The second kappa shape index (κ2) is 7.83. The minimum atomic E-state index is -0.126. The van der Waals surface area contributed by atoms with E-state index in [0.717, 1.165) is 22.5 Å². The maximum Gasteiger partial charge on any atom is 0.253 e. The fourth-order valence-electron chi connectivity index (χ4n) is 2.76. The van der Waals surface area contributed by atoms with Gasteiger partial charge in [0.1, 0.15) is 0 Å². The number of rotatable bonds is 5. The molecule has 0 unspecified atom stereocenters. The van der Waals surface area contributed by atoms with Crippen LogP contribution in [-0.2, 0) is 4.79 Å². The Balaban J connectivity index is 2.01. The van der Waals surface area contributed by atoms with Crippen LogP contribution in [0.15, 0.2) is 36.4 Å². The highest BCUT2D eigenvalue weighted by atomic mass is 16.2. The van der Waals surface area contributed by atoms with Crippen molar-refractivity contribution >= 4 is 23.2 Å². The summed E-state index contributed by atoms with van der Waals surface area (Å²) in [5.41, 5.74) is 5.44. The molecule has 0 saturated carbocycles. The lowest BCUT2D eigenvalue weighted by atomic mass is 10.1. The van der Waals surface area contributed by atoms with Crippen molar-refractivity contribution in [3.05, 3.63) is 58.7 Å². The van der Waals surface area contributed by atoms with Crippen molar-refractivity contribution in [1.29, 1.82) is 0 Å². The Morgan fingerprint density at radius 1 is 1.00 bits per heavy atom. The fraction of sp³-hybridized carbons (Fsp3) is 0.300. The van der Waals surface area contributed by atoms with Crippen LogP contribution in [0.4, 0.5) is 11.4 Å². The first kappa shape index (κ1) is 18.5. The van der Waals surface area contributed by atoms with Crippen molar-refractivity contribution in [2.24, 2.45) is 0 Å². The van der Waals surface area contributed by atoms with Crippen molar-refractivity contribution in [1.82, 2.24) is 4.90 Å². The molecule has 0 heterocycles. The Bertz CT molecular complexity index is 774. The van der Waals surface area contributed by atoms with Crippen molar-refractivity contribution in [3.8, 4) is 0 Å². The zero-order chi connectivity index (χ0) is 18.6. The highest BCUT2D eigenvalue weighted by Crippen LogP contribution is 2.21.